The van der Waals surface area contributed by atoms with Crippen LogP contribution in [0.3, 0.4) is 0 Å². The van der Waals surface area contributed by atoms with Gasteiger partial charge in [-0.3, -0.25) is 9.68 Å². The van der Waals surface area contributed by atoms with E-state index in [2.05, 4.69) is 25.0 Å². The van der Waals surface area contributed by atoms with Crippen LogP contribution in [0.4, 0.5) is 0 Å². The Morgan fingerprint density at radius 2 is 1.81 bits per heavy atom. The molecule has 0 fully saturated rings. The second-order valence-electron chi connectivity index (χ2n) is 5.74. The summed E-state index contributed by atoms with van der Waals surface area (Å²) in [5, 5.41) is 8.84. The Balaban J connectivity index is 5.98. The molecule has 0 aromatic heterocycles. The maximum absolute atomic E-state index is 12.1. The first-order valence-electron chi connectivity index (χ1n) is 8.58. The van der Waals surface area contributed by atoms with E-state index in [9.17, 15) is 14.4 Å². The summed E-state index contributed by atoms with van der Waals surface area (Å²) in [4.78, 5) is 39.0. The Bertz CT molecular complexity index is 548. The molecule has 0 radical (unpaired) electrons. The summed E-state index contributed by atoms with van der Waals surface area (Å²) in [5.74, 6) is -2.73. The zero-order chi connectivity index (χ0) is 20.1. The van der Waals surface area contributed by atoms with E-state index in [4.69, 9.17) is 14.7 Å². The number of rotatable bonds is 12. The third kappa shape index (κ3) is 8.11. The number of hydrogen-bond donors (Lipinski definition) is 1. The van der Waals surface area contributed by atoms with Gasteiger partial charge in [-0.15, -0.1) is 0 Å². The zero-order valence-corrected chi connectivity index (χ0v) is 15.7. The van der Waals surface area contributed by atoms with Crippen LogP contribution in [0, 0.1) is 5.92 Å². The van der Waals surface area contributed by atoms with Gasteiger partial charge in [0.15, 0.2) is 0 Å². The van der Waals surface area contributed by atoms with E-state index in [1.54, 1.807) is 0 Å². The van der Waals surface area contributed by atoms with E-state index in [1.165, 1.54) is 0 Å². The molecule has 1 N–H and O–H groups in total. The largest absolute Gasteiger partial charge is 0.454 e. The fraction of sp³-hybridized carbons (Fsp3) is 0.526. The molecule has 0 spiro atoms. The Kier molecular flexibility index (Phi) is 11.7. The minimum Gasteiger partial charge on any atom is -0.454 e. The molecule has 7 heteroatoms. The molecule has 0 bridgehead atoms. The van der Waals surface area contributed by atoms with Gasteiger partial charge in [-0.2, -0.15) is 5.26 Å². The third-order valence-electron chi connectivity index (χ3n) is 3.85. The molecule has 0 saturated heterocycles. The van der Waals surface area contributed by atoms with Crippen LogP contribution in [0.15, 0.2) is 36.6 Å². The predicted octanol–water partition coefficient (Wildman–Crippen LogP) is 3.71. The third-order valence-corrected chi connectivity index (χ3v) is 3.85. The summed E-state index contributed by atoms with van der Waals surface area (Å²) in [6, 6.07) is 0. The van der Waals surface area contributed by atoms with Crippen molar-refractivity contribution in [2.24, 2.45) is 5.92 Å². The van der Waals surface area contributed by atoms with Crippen LogP contribution in [0.5, 0.6) is 0 Å². The monoisotopic (exact) mass is 368 g/mol. The quantitative estimate of drug-likeness (QED) is 0.107. The van der Waals surface area contributed by atoms with Crippen LogP contribution in [0.2, 0.25) is 0 Å². The number of carbonyl (C=O) groups excluding carboxylic acids is 3. The van der Waals surface area contributed by atoms with Gasteiger partial charge in [0.2, 0.25) is 0 Å². The van der Waals surface area contributed by atoms with Gasteiger partial charge in [0.25, 0.3) is 0 Å². The SMILES string of the molecule is C=CC(=O)OC(CC(CC)CCCC)/C(C(=O)OO)=C(\C=C)OC(C)=O. The molecule has 0 aromatic carbocycles. The lowest BCUT2D eigenvalue weighted by molar-refractivity contribution is -0.230. The second kappa shape index (κ2) is 12.9. The number of hydrogen-bond acceptors (Lipinski definition) is 7. The van der Waals surface area contributed by atoms with E-state index < -0.39 is 24.0 Å². The Morgan fingerprint density at radius 1 is 1.15 bits per heavy atom. The molecule has 7 nitrogen and oxygen atoms in total. The van der Waals surface area contributed by atoms with Gasteiger partial charge < -0.3 is 9.47 Å². The maximum Gasteiger partial charge on any atom is 0.376 e. The summed E-state index contributed by atoms with van der Waals surface area (Å²) in [7, 11) is 0. The Hall–Kier alpha value is -2.41. The van der Waals surface area contributed by atoms with Crippen LogP contribution in [-0.2, 0) is 28.7 Å². The van der Waals surface area contributed by atoms with Gasteiger partial charge >= 0.3 is 17.9 Å². The highest BCUT2D eigenvalue weighted by Crippen LogP contribution is 2.27. The molecule has 0 amide bonds. The van der Waals surface area contributed by atoms with E-state index in [-0.39, 0.29) is 17.3 Å². The number of allylic oxidation sites excluding steroid dienone is 1. The van der Waals surface area contributed by atoms with Gasteiger partial charge in [-0.25, -0.2) is 9.59 Å². The molecule has 2 atom stereocenters. The number of esters is 2. The molecule has 0 rings (SSSR count). The van der Waals surface area contributed by atoms with Gasteiger partial charge in [0.1, 0.15) is 17.4 Å². The molecule has 146 valence electrons. The molecule has 0 aliphatic heterocycles. The summed E-state index contributed by atoms with van der Waals surface area (Å²) >= 11 is 0. The first-order chi connectivity index (χ1) is 12.3. The van der Waals surface area contributed by atoms with Crippen LogP contribution < -0.4 is 0 Å². The number of ether oxygens (including phenoxy) is 2. The van der Waals surface area contributed by atoms with Crippen molar-refractivity contribution in [1.82, 2.24) is 0 Å². The highest BCUT2D eigenvalue weighted by atomic mass is 17.1. The van der Waals surface area contributed by atoms with Gasteiger partial charge in [-0.1, -0.05) is 52.7 Å². The first-order valence-corrected chi connectivity index (χ1v) is 8.58. The normalized spacial score (nSPS) is 13.7. The van der Waals surface area contributed by atoms with Crippen molar-refractivity contribution in [1.29, 1.82) is 0 Å². The lowest BCUT2D eigenvalue weighted by Crippen LogP contribution is -2.29. The predicted molar refractivity (Wildman–Crippen MR) is 95.7 cm³/mol. The van der Waals surface area contributed by atoms with Crippen LogP contribution in [-0.4, -0.2) is 29.3 Å². The minimum absolute atomic E-state index is 0.141. The van der Waals surface area contributed by atoms with Crippen molar-refractivity contribution in [3.63, 3.8) is 0 Å². The van der Waals surface area contributed by atoms with Crippen LogP contribution in [0.25, 0.3) is 0 Å². The number of unbranched alkanes of at least 4 members (excludes halogenated alkanes) is 1. The summed E-state index contributed by atoms with van der Waals surface area (Å²) < 4.78 is 10.3. The molecule has 0 aliphatic rings. The van der Waals surface area contributed by atoms with E-state index >= 15 is 0 Å². The summed E-state index contributed by atoms with van der Waals surface area (Å²) in [5.41, 5.74) is -0.289. The standard InChI is InChI=1S/C19H28O7/c1-6-10-11-14(7-2)12-16(25-17(21)9-4)18(19(22)26-23)15(8-3)24-13(5)20/h8-9,14,16,23H,3-4,6-7,10-12H2,1-2,5H3/b18-15-. The van der Waals surface area contributed by atoms with Gasteiger partial charge in [-0.05, 0) is 18.4 Å². The molecule has 26 heavy (non-hydrogen) atoms. The lowest BCUT2D eigenvalue weighted by Gasteiger charge is -2.24. The highest BCUT2D eigenvalue weighted by Gasteiger charge is 2.32. The molecular formula is C19H28O7. The van der Waals surface area contributed by atoms with E-state index in [1.807, 2.05) is 6.92 Å². The molecule has 0 aromatic rings. The average molecular weight is 368 g/mol. The number of carbonyl (C=O) groups is 3. The molecule has 0 aliphatic carbocycles. The topological polar surface area (TPSA) is 99.1 Å². The second-order valence-corrected chi connectivity index (χ2v) is 5.74. The molecular weight excluding hydrogens is 340 g/mol. The Labute approximate surface area is 154 Å². The highest BCUT2D eigenvalue weighted by molar-refractivity contribution is 5.92. The van der Waals surface area contributed by atoms with Crippen molar-refractivity contribution in [3.8, 4) is 0 Å². The molecule has 0 heterocycles. The van der Waals surface area contributed by atoms with Crippen molar-refractivity contribution < 1.29 is 34.0 Å². The van der Waals surface area contributed by atoms with E-state index in [0.717, 1.165) is 44.8 Å². The maximum atomic E-state index is 12.1. The van der Waals surface area contributed by atoms with Crippen molar-refractivity contribution in [2.45, 2.75) is 59.0 Å². The van der Waals surface area contributed by atoms with E-state index in [0.29, 0.717) is 6.42 Å². The summed E-state index contributed by atoms with van der Waals surface area (Å²) in [6.45, 7) is 12.0. The first kappa shape index (κ1) is 23.6. The lowest BCUT2D eigenvalue weighted by atomic mass is 9.90. The van der Waals surface area contributed by atoms with Crippen molar-refractivity contribution in [3.05, 3.63) is 36.6 Å². The Morgan fingerprint density at radius 3 is 2.23 bits per heavy atom. The van der Waals surface area contributed by atoms with Crippen LogP contribution >= 0.6 is 0 Å². The molecule has 0 saturated carbocycles. The average Bonchev–Trinajstić information content (AvgIpc) is 2.63. The van der Waals surface area contributed by atoms with Crippen LogP contribution in [0.1, 0.15) is 52.9 Å². The van der Waals surface area contributed by atoms with Gasteiger partial charge in [0, 0.05) is 13.0 Å². The van der Waals surface area contributed by atoms with Crippen molar-refractivity contribution >= 4 is 17.9 Å². The smallest absolute Gasteiger partial charge is 0.376 e. The minimum atomic E-state index is -1.19. The van der Waals surface area contributed by atoms with Gasteiger partial charge in [0.05, 0.1) is 0 Å². The van der Waals surface area contributed by atoms with Crippen molar-refractivity contribution in [2.75, 3.05) is 0 Å². The fourth-order valence-electron chi connectivity index (χ4n) is 2.50. The zero-order valence-electron chi connectivity index (χ0n) is 15.7. The molecule has 2 unspecified atom stereocenters. The summed E-state index contributed by atoms with van der Waals surface area (Å²) in [6.07, 6.45) is 4.92. The fourth-order valence-corrected chi connectivity index (χ4v) is 2.50.